The summed E-state index contributed by atoms with van der Waals surface area (Å²) < 4.78 is 18.0. The molecule has 0 bridgehead atoms. The molecule has 2 rings (SSSR count). The number of rotatable bonds is 4. The highest BCUT2D eigenvalue weighted by Gasteiger charge is 2.12. The highest BCUT2D eigenvalue weighted by atomic mass is 35.5. The van der Waals surface area contributed by atoms with Gasteiger partial charge >= 0.3 is 0 Å². The fourth-order valence-corrected chi connectivity index (χ4v) is 2.14. The standard InChI is InChI=1S/C13H9ClFNO3S/c14-9-6-8(3-4-10(9)15)19-7-12(17)16-13(18)11-2-1-5-20-11/h1-6H,7H2,(H,16,17,18). The molecule has 2 amide bonds. The smallest absolute Gasteiger partial charge is 0.268 e. The minimum atomic E-state index is -0.594. The van der Waals surface area contributed by atoms with Gasteiger partial charge in [0, 0.05) is 6.07 Å². The van der Waals surface area contributed by atoms with Crippen LogP contribution in [0.25, 0.3) is 0 Å². The van der Waals surface area contributed by atoms with Gasteiger partial charge in [-0.25, -0.2) is 4.39 Å². The van der Waals surface area contributed by atoms with Gasteiger partial charge in [-0.05, 0) is 23.6 Å². The van der Waals surface area contributed by atoms with Crippen molar-refractivity contribution in [2.24, 2.45) is 0 Å². The number of ether oxygens (including phenoxy) is 1. The molecule has 0 unspecified atom stereocenters. The highest BCUT2D eigenvalue weighted by Crippen LogP contribution is 2.20. The van der Waals surface area contributed by atoms with E-state index < -0.39 is 17.6 Å². The van der Waals surface area contributed by atoms with Gasteiger partial charge in [-0.3, -0.25) is 14.9 Å². The van der Waals surface area contributed by atoms with Gasteiger partial charge in [0.1, 0.15) is 11.6 Å². The first-order valence-corrected chi connectivity index (χ1v) is 6.77. The molecule has 2 aromatic rings. The van der Waals surface area contributed by atoms with Gasteiger partial charge in [-0.1, -0.05) is 17.7 Å². The molecule has 0 saturated carbocycles. The first-order chi connectivity index (χ1) is 9.56. The van der Waals surface area contributed by atoms with Gasteiger partial charge in [-0.15, -0.1) is 11.3 Å². The summed E-state index contributed by atoms with van der Waals surface area (Å²) in [5.74, 6) is -1.40. The number of amides is 2. The number of carbonyl (C=O) groups is 2. The van der Waals surface area contributed by atoms with Crippen LogP contribution in [0.1, 0.15) is 9.67 Å². The zero-order valence-corrected chi connectivity index (χ0v) is 11.6. The average molecular weight is 314 g/mol. The van der Waals surface area contributed by atoms with Gasteiger partial charge in [0.25, 0.3) is 11.8 Å². The number of hydrogen-bond donors (Lipinski definition) is 1. The molecule has 1 aromatic carbocycles. The molecule has 1 N–H and O–H groups in total. The van der Waals surface area contributed by atoms with E-state index in [9.17, 15) is 14.0 Å². The summed E-state index contributed by atoms with van der Waals surface area (Å²) in [6, 6.07) is 7.04. The van der Waals surface area contributed by atoms with Crippen LogP contribution in [0.5, 0.6) is 5.75 Å². The first kappa shape index (κ1) is 14.5. The van der Waals surface area contributed by atoms with Crippen LogP contribution in [-0.2, 0) is 4.79 Å². The van der Waals surface area contributed by atoms with Crippen LogP contribution in [0.4, 0.5) is 4.39 Å². The molecular weight excluding hydrogens is 305 g/mol. The Morgan fingerprint density at radius 3 is 2.80 bits per heavy atom. The molecule has 1 heterocycles. The molecule has 1 aromatic heterocycles. The fourth-order valence-electron chi connectivity index (χ4n) is 1.35. The minimum Gasteiger partial charge on any atom is -0.484 e. The Morgan fingerprint density at radius 2 is 2.15 bits per heavy atom. The normalized spacial score (nSPS) is 10.1. The van der Waals surface area contributed by atoms with E-state index in [1.54, 1.807) is 17.5 Å². The Labute approximate surface area is 123 Å². The maximum Gasteiger partial charge on any atom is 0.268 e. The molecule has 0 saturated heterocycles. The summed E-state index contributed by atoms with van der Waals surface area (Å²) in [5.41, 5.74) is 0. The van der Waals surface area contributed by atoms with E-state index in [4.69, 9.17) is 16.3 Å². The molecule has 104 valence electrons. The summed E-state index contributed by atoms with van der Waals surface area (Å²) in [5, 5.41) is 3.81. The topological polar surface area (TPSA) is 55.4 Å². The Morgan fingerprint density at radius 1 is 1.35 bits per heavy atom. The monoisotopic (exact) mass is 313 g/mol. The highest BCUT2D eigenvalue weighted by molar-refractivity contribution is 7.12. The Hall–Kier alpha value is -1.92. The number of thiophene rings is 1. The van der Waals surface area contributed by atoms with Gasteiger partial charge < -0.3 is 4.74 Å². The molecule has 0 aliphatic carbocycles. The van der Waals surface area contributed by atoms with Crippen LogP contribution in [0, 0.1) is 5.82 Å². The zero-order chi connectivity index (χ0) is 14.5. The van der Waals surface area contributed by atoms with Crippen molar-refractivity contribution in [2.45, 2.75) is 0 Å². The lowest BCUT2D eigenvalue weighted by atomic mass is 10.3. The van der Waals surface area contributed by atoms with E-state index in [1.807, 2.05) is 0 Å². The van der Waals surface area contributed by atoms with Gasteiger partial charge in [-0.2, -0.15) is 0 Å². The van der Waals surface area contributed by atoms with Crippen molar-refractivity contribution in [3.05, 3.63) is 51.4 Å². The van der Waals surface area contributed by atoms with Gasteiger partial charge in [0.2, 0.25) is 0 Å². The van der Waals surface area contributed by atoms with Crippen molar-refractivity contribution in [3.63, 3.8) is 0 Å². The number of halogens is 2. The van der Waals surface area contributed by atoms with Crippen LogP contribution < -0.4 is 10.1 Å². The van der Waals surface area contributed by atoms with E-state index in [0.717, 1.165) is 6.07 Å². The SMILES string of the molecule is O=C(COc1ccc(F)c(Cl)c1)NC(=O)c1cccs1. The lowest BCUT2D eigenvalue weighted by molar-refractivity contribution is -0.122. The number of hydrogen-bond acceptors (Lipinski definition) is 4. The maximum atomic E-state index is 12.9. The van der Waals surface area contributed by atoms with Crippen molar-refractivity contribution in [2.75, 3.05) is 6.61 Å². The van der Waals surface area contributed by atoms with E-state index >= 15 is 0 Å². The molecule has 0 aliphatic heterocycles. The van der Waals surface area contributed by atoms with Crippen molar-refractivity contribution >= 4 is 34.8 Å². The second-order valence-electron chi connectivity index (χ2n) is 3.72. The second-order valence-corrected chi connectivity index (χ2v) is 5.07. The Balaban J connectivity index is 1.86. The molecule has 20 heavy (non-hydrogen) atoms. The molecule has 0 atom stereocenters. The largest absolute Gasteiger partial charge is 0.484 e. The third kappa shape index (κ3) is 3.79. The summed E-state index contributed by atoms with van der Waals surface area (Å²) in [4.78, 5) is 23.5. The van der Waals surface area contributed by atoms with Gasteiger partial charge in [0.15, 0.2) is 6.61 Å². The summed E-state index contributed by atoms with van der Waals surface area (Å²) >= 11 is 6.80. The molecule has 4 nitrogen and oxygen atoms in total. The van der Waals surface area contributed by atoms with Crippen LogP contribution in [0.15, 0.2) is 35.7 Å². The van der Waals surface area contributed by atoms with Crippen LogP contribution in [-0.4, -0.2) is 18.4 Å². The zero-order valence-electron chi connectivity index (χ0n) is 10.1. The van der Waals surface area contributed by atoms with Crippen LogP contribution in [0.2, 0.25) is 5.02 Å². The van der Waals surface area contributed by atoms with Crippen molar-refractivity contribution in [3.8, 4) is 5.75 Å². The minimum absolute atomic E-state index is 0.0995. The molecule has 0 aliphatic rings. The van der Waals surface area contributed by atoms with E-state index in [-0.39, 0.29) is 17.4 Å². The summed E-state index contributed by atoms with van der Waals surface area (Å²) in [6.45, 7) is -0.362. The van der Waals surface area contributed by atoms with Crippen molar-refractivity contribution < 1.29 is 18.7 Å². The summed E-state index contributed by atoms with van der Waals surface area (Å²) in [7, 11) is 0. The Kier molecular flexibility index (Phi) is 4.70. The van der Waals surface area contributed by atoms with Crippen molar-refractivity contribution in [1.29, 1.82) is 0 Å². The quantitative estimate of drug-likeness (QED) is 0.944. The molecule has 0 spiro atoms. The third-order valence-corrected chi connectivity index (χ3v) is 3.42. The predicted molar refractivity (Wildman–Crippen MR) is 73.7 cm³/mol. The molecular formula is C13H9ClFNO3S. The van der Waals surface area contributed by atoms with Crippen LogP contribution >= 0.6 is 22.9 Å². The number of nitrogens with one attached hydrogen (secondary N) is 1. The molecule has 7 heteroatoms. The first-order valence-electron chi connectivity index (χ1n) is 5.52. The molecule has 0 radical (unpaired) electrons. The number of imide groups is 1. The third-order valence-electron chi connectivity index (χ3n) is 2.26. The summed E-state index contributed by atoms with van der Waals surface area (Å²) in [6.07, 6.45) is 0. The number of carbonyl (C=O) groups excluding carboxylic acids is 2. The lowest BCUT2D eigenvalue weighted by Gasteiger charge is -2.06. The predicted octanol–water partition coefficient (Wildman–Crippen LogP) is 2.88. The van der Waals surface area contributed by atoms with Crippen molar-refractivity contribution in [1.82, 2.24) is 5.32 Å². The molecule has 0 fully saturated rings. The lowest BCUT2D eigenvalue weighted by Crippen LogP contribution is -2.33. The number of benzene rings is 1. The van der Waals surface area contributed by atoms with Gasteiger partial charge in [0.05, 0.1) is 9.90 Å². The van der Waals surface area contributed by atoms with E-state index in [0.29, 0.717) is 4.88 Å². The average Bonchev–Trinajstić information content (AvgIpc) is 2.94. The maximum absolute atomic E-state index is 12.9. The van der Waals surface area contributed by atoms with E-state index in [1.165, 1.54) is 23.5 Å². The fraction of sp³-hybridized carbons (Fsp3) is 0.0769. The second kappa shape index (κ2) is 6.49. The van der Waals surface area contributed by atoms with Crippen LogP contribution in [0.3, 0.4) is 0 Å². The van der Waals surface area contributed by atoms with E-state index in [2.05, 4.69) is 5.32 Å². The Bertz CT molecular complexity index is 631.